The van der Waals surface area contributed by atoms with Gasteiger partial charge < -0.3 is 4.74 Å². The predicted octanol–water partition coefficient (Wildman–Crippen LogP) is 2.53. The van der Waals surface area contributed by atoms with Crippen molar-refractivity contribution >= 4 is 15.9 Å². The topological polar surface area (TPSA) is 47.3 Å². The smallest absolute Gasteiger partial charge is 0.127 e. The summed E-state index contributed by atoms with van der Waals surface area (Å²) in [5.41, 5.74) is 3.41. The summed E-state index contributed by atoms with van der Waals surface area (Å²) in [5, 5.41) is 0. The van der Waals surface area contributed by atoms with Crippen LogP contribution in [0.15, 0.2) is 22.7 Å². The molecule has 0 spiro atoms. The van der Waals surface area contributed by atoms with Crippen molar-refractivity contribution in [1.29, 1.82) is 0 Å². The second kappa shape index (κ2) is 6.10. The Bertz CT molecular complexity index is 416. The molecular weight excluding hydrogens is 299 g/mol. The van der Waals surface area contributed by atoms with Gasteiger partial charge in [-0.25, -0.2) is 4.39 Å². The third-order valence-corrected chi connectivity index (χ3v) is 3.88. The van der Waals surface area contributed by atoms with E-state index >= 15 is 0 Å². The quantitative estimate of drug-likeness (QED) is 0.663. The molecule has 0 aliphatic carbocycles. The maximum absolute atomic E-state index is 13.8. The monoisotopic (exact) mass is 316 g/mol. The molecule has 18 heavy (non-hydrogen) atoms. The number of hydrazine groups is 1. The minimum Gasteiger partial charge on any atom is -0.374 e. The molecule has 1 aromatic rings. The number of nitrogens with one attached hydrogen (secondary N) is 1. The summed E-state index contributed by atoms with van der Waals surface area (Å²) in [6.45, 7) is 2.05. The Balaban J connectivity index is 2.05. The second-order valence-corrected chi connectivity index (χ2v) is 5.69. The van der Waals surface area contributed by atoms with Gasteiger partial charge in [-0.05, 0) is 43.9 Å². The van der Waals surface area contributed by atoms with Crippen molar-refractivity contribution in [2.24, 2.45) is 5.84 Å². The van der Waals surface area contributed by atoms with Gasteiger partial charge in [0.25, 0.3) is 0 Å². The van der Waals surface area contributed by atoms with Crippen LogP contribution in [0.1, 0.15) is 25.3 Å². The van der Waals surface area contributed by atoms with Crippen LogP contribution in [0.25, 0.3) is 0 Å². The molecule has 1 aromatic carbocycles. The minimum atomic E-state index is -0.212. The zero-order chi connectivity index (χ0) is 13.1. The van der Waals surface area contributed by atoms with E-state index in [1.54, 1.807) is 6.07 Å². The molecule has 0 aromatic heterocycles. The van der Waals surface area contributed by atoms with E-state index in [9.17, 15) is 4.39 Å². The molecular formula is C13H18BrFN2O. The highest BCUT2D eigenvalue weighted by atomic mass is 79.9. The number of ether oxygens (including phenoxy) is 1. The van der Waals surface area contributed by atoms with E-state index in [-0.39, 0.29) is 24.1 Å². The van der Waals surface area contributed by atoms with E-state index in [1.165, 1.54) is 6.07 Å². The second-order valence-electron chi connectivity index (χ2n) is 4.78. The number of nitrogens with two attached hydrogens (primary N) is 1. The average Bonchev–Trinajstić information content (AvgIpc) is 2.75. The highest BCUT2D eigenvalue weighted by molar-refractivity contribution is 9.10. The molecule has 1 aliphatic heterocycles. The van der Waals surface area contributed by atoms with Crippen LogP contribution in [0.4, 0.5) is 4.39 Å². The van der Waals surface area contributed by atoms with Gasteiger partial charge in [0.15, 0.2) is 0 Å². The lowest BCUT2D eigenvalue weighted by Crippen LogP contribution is -2.45. The summed E-state index contributed by atoms with van der Waals surface area (Å²) in [6, 6.07) is 5.04. The lowest BCUT2D eigenvalue weighted by atomic mass is 9.99. The molecule has 100 valence electrons. The zero-order valence-corrected chi connectivity index (χ0v) is 11.9. The Morgan fingerprint density at radius 2 is 2.33 bits per heavy atom. The lowest BCUT2D eigenvalue weighted by molar-refractivity contribution is 0.0319. The fraction of sp³-hybridized carbons (Fsp3) is 0.538. The van der Waals surface area contributed by atoms with Crippen LogP contribution in [-0.4, -0.2) is 18.2 Å². The van der Waals surface area contributed by atoms with E-state index < -0.39 is 0 Å². The Kier molecular flexibility index (Phi) is 4.72. The van der Waals surface area contributed by atoms with Crippen molar-refractivity contribution in [2.75, 3.05) is 0 Å². The van der Waals surface area contributed by atoms with Gasteiger partial charge in [-0.15, -0.1) is 0 Å². The fourth-order valence-corrected chi connectivity index (χ4v) is 2.68. The molecule has 3 N–H and O–H groups in total. The van der Waals surface area contributed by atoms with Gasteiger partial charge >= 0.3 is 0 Å². The number of benzene rings is 1. The highest BCUT2D eigenvalue weighted by Gasteiger charge is 2.29. The van der Waals surface area contributed by atoms with Gasteiger partial charge in [-0.2, -0.15) is 0 Å². The normalized spacial score (nSPS) is 25.3. The Hall–Kier alpha value is -0.490. The van der Waals surface area contributed by atoms with Crippen LogP contribution in [0.5, 0.6) is 0 Å². The standard InChI is InChI=1S/C13H18BrFN2O/c1-8-2-5-13(18-8)12(17-16)6-9-3-4-10(14)7-11(9)15/h3-4,7-8,12-13,17H,2,5-6,16H2,1H3. The maximum atomic E-state index is 13.8. The van der Waals surface area contributed by atoms with Crippen molar-refractivity contribution in [3.8, 4) is 0 Å². The van der Waals surface area contributed by atoms with E-state index in [1.807, 2.05) is 13.0 Å². The molecule has 1 saturated heterocycles. The molecule has 3 unspecified atom stereocenters. The number of rotatable bonds is 4. The van der Waals surface area contributed by atoms with Crippen molar-refractivity contribution in [3.05, 3.63) is 34.1 Å². The molecule has 1 heterocycles. The number of halogens is 2. The van der Waals surface area contributed by atoms with Crippen LogP contribution >= 0.6 is 15.9 Å². The Morgan fingerprint density at radius 3 is 2.89 bits per heavy atom. The van der Waals surface area contributed by atoms with Gasteiger partial charge in [-0.1, -0.05) is 22.0 Å². The molecule has 2 rings (SSSR count). The van der Waals surface area contributed by atoms with Crippen LogP contribution in [0, 0.1) is 5.82 Å². The predicted molar refractivity (Wildman–Crippen MR) is 72.5 cm³/mol. The molecule has 3 nitrogen and oxygen atoms in total. The zero-order valence-electron chi connectivity index (χ0n) is 10.3. The van der Waals surface area contributed by atoms with Crippen molar-refractivity contribution < 1.29 is 9.13 Å². The first kappa shape index (κ1) is 13.9. The molecule has 0 bridgehead atoms. The van der Waals surface area contributed by atoms with Crippen LogP contribution < -0.4 is 11.3 Å². The first-order chi connectivity index (χ1) is 8.60. The van der Waals surface area contributed by atoms with E-state index in [2.05, 4.69) is 21.4 Å². The largest absolute Gasteiger partial charge is 0.374 e. The molecule has 0 saturated carbocycles. The summed E-state index contributed by atoms with van der Waals surface area (Å²) in [7, 11) is 0. The minimum absolute atomic E-state index is 0.0503. The fourth-order valence-electron chi connectivity index (χ4n) is 2.35. The summed E-state index contributed by atoms with van der Waals surface area (Å²) in [4.78, 5) is 0. The van der Waals surface area contributed by atoms with Gasteiger partial charge in [-0.3, -0.25) is 11.3 Å². The van der Waals surface area contributed by atoms with Crippen molar-refractivity contribution in [1.82, 2.24) is 5.43 Å². The molecule has 1 aliphatic rings. The SMILES string of the molecule is CC1CCC(C(Cc2ccc(Br)cc2F)NN)O1. The Morgan fingerprint density at radius 1 is 1.56 bits per heavy atom. The van der Waals surface area contributed by atoms with Crippen LogP contribution in [0.3, 0.4) is 0 Å². The first-order valence-electron chi connectivity index (χ1n) is 6.15. The molecule has 5 heteroatoms. The molecule has 1 fully saturated rings. The van der Waals surface area contributed by atoms with E-state index in [0.717, 1.165) is 17.3 Å². The Labute approximate surface area is 115 Å². The van der Waals surface area contributed by atoms with E-state index in [4.69, 9.17) is 10.6 Å². The number of hydrogen-bond acceptors (Lipinski definition) is 3. The van der Waals surface area contributed by atoms with Crippen molar-refractivity contribution in [3.63, 3.8) is 0 Å². The van der Waals surface area contributed by atoms with Gasteiger partial charge in [0.2, 0.25) is 0 Å². The summed E-state index contributed by atoms with van der Waals surface area (Å²) < 4.78 is 20.3. The van der Waals surface area contributed by atoms with E-state index in [0.29, 0.717) is 12.0 Å². The van der Waals surface area contributed by atoms with Gasteiger partial charge in [0, 0.05) is 4.47 Å². The third-order valence-electron chi connectivity index (χ3n) is 3.38. The first-order valence-corrected chi connectivity index (χ1v) is 6.95. The summed E-state index contributed by atoms with van der Waals surface area (Å²) in [5.74, 6) is 5.35. The van der Waals surface area contributed by atoms with Crippen LogP contribution in [-0.2, 0) is 11.2 Å². The van der Waals surface area contributed by atoms with Crippen molar-refractivity contribution in [2.45, 2.75) is 44.4 Å². The number of hydrogen-bond donors (Lipinski definition) is 2. The third kappa shape index (κ3) is 3.29. The van der Waals surface area contributed by atoms with Crippen LogP contribution in [0.2, 0.25) is 0 Å². The van der Waals surface area contributed by atoms with Gasteiger partial charge in [0.05, 0.1) is 18.2 Å². The average molecular weight is 317 g/mol. The molecule has 0 amide bonds. The molecule has 0 radical (unpaired) electrons. The summed E-state index contributed by atoms with van der Waals surface area (Å²) in [6.07, 6.45) is 2.86. The maximum Gasteiger partial charge on any atom is 0.127 e. The lowest BCUT2D eigenvalue weighted by Gasteiger charge is -2.23. The summed E-state index contributed by atoms with van der Waals surface area (Å²) >= 11 is 3.25. The van der Waals surface area contributed by atoms with Gasteiger partial charge in [0.1, 0.15) is 5.82 Å². The highest BCUT2D eigenvalue weighted by Crippen LogP contribution is 2.24. The molecule has 3 atom stereocenters.